The fraction of sp³-hybridized carbons (Fsp3) is 0.261. The van der Waals surface area contributed by atoms with Crippen molar-refractivity contribution in [3.8, 4) is 28.8 Å². The Kier molecular flexibility index (Phi) is 6.33. The van der Waals surface area contributed by atoms with Gasteiger partial charge in [-0.2, -0.15) is 10.2 Å². The highest BCUT2D eigenvalue weighted by Crippen LogP contribution is 2.27. The van der Waals surface area contributed by atoms with Gasteiger partial charge in [0.25, 0.3) is 0 Å². The Hall–Kier alpha value is -3.99. The predicted octanol–water partition coefficient (Wildman–Crippen LogP) is 3.63. The highest BCUT2D eigenvalue weighted by molar-refractivity contribution is 5.76. The summed E-state index contributed by atoms with van der Waals surface area (Å²) < 4.78 is 5.82. The number of nitrogens with zero attached hydrogens (tertiary/aromatic N) is 5. The van der Waals surface area contributed by atoms with Gasteiger partial charge in [0.05, 0.1) is 18.0 Å². The van der Waals surface area contributed by atoms with Gasteiger partial charge in [-0.3, -0.25) is 14.8 Å². The molecule has 1 aromatic carbocycles. The first-order valence-corrected chi connectivity index (χ1v) is 10.2. The summed E-state index contributed by atoms with van der Waals surface area (Å²) >= 11 is 0. The van der Waals surface area contributed by atoms with E-state index in [0.717, 1.165) is 30.5 Å². The molecule has 8 heteroatoms. The highest BCUT2D eigenvalue weighted by Gasteiger charge is 2.17. The maximum atomic E-state index is 11.9. The van der Waals surface area contributed by atoms with Gasteiger partial charge < -0.3 is 15.0 Å². The van der Waals surface area contributed by atoms with E-state index in [1.54, 1.807) is 24.8 Å². The third-order valence-electron chi connectivity index (χ3n) is 5.05. The fourth-order valence-electron chi connectivity index (χ4n) is 3.46. The zero-order valence-corrected chi connectivity index (χ0v) is 17.0. The van der Waals surface area contributed by atoms with Crippen LogP contribution in [0.2, 0.25) is 0 Å². The number of rotatable bonds is 7. The number of amides is 1. The minimum Gasteiger partial charge on any atom is -0.437 e. The fourth-order valence-corrected chi connectivity index (χ4v) is 3.46. The Morgan fingerprint density at radius 3 is 2.77 bits per heavy atom. The number of pyridine rings is 1. The second-order valence-electron chi connectivity index (χ2n) is 7.17. The number of nitrogens with one attached hydrogen (secondary N) is 1. The van der Waals surface area contributed by atoms with Crippen LogP contribution in [0.25, 0.3) is 11.1 Å². The smallest absolute Gasteiger partial charge is 0.239 e. The third kappa shape index (κ3) is 5.14. The first kappa shape index (κ1) is 20.3. The second-order valence-corrected chi connectivity index (χ2v) is 7.17. The normalized spacial score (nSPS) is 13.5. The molecule has 1 aliphatic rings. The maximum absolute atomic E-state index is 11.9. The maximum Gasteiger partial charge on any atom is 0.239 e. The summed E-state index contributed by atoms with van der Waals surface area (Å²) in [6.45, 7) is 2.07. The Morgan fingerprint density at radius 2 is 1.97 bits per heavy atom. The van der Waals surface area contributed by atoms with Crippen molar-refractivity contribution in [2.24, 2.45) is 0 Å². The summed E-state index contributed by atoms with van der Waals surface area (Å²) in [4.78, 5) is 26.3. The van der Waals surface area contributed by atoms with Gasteiger partial charge in [-0.25, -0.2) is 0 Å². The van der Waals surface area contributed by atoms with Crippen molar-refractivity contribution in [3.63, 3.8) is 0 Å². The van der Waals surface area contributed by atoms with Crippen molar-refractivity contribution in [2.75, 3.05) is 25.0 Å². The molecule has 0 radical (unpaired) electrons. The van der Waals surface area contributed by atoms with E-state index in [1.165, 1.54) is 0 Å². The van der Waals surface area contributed by atoms with Gasteiger partial charge in [-0.15, -0.1) is 0 Å². The number of nitriles is 1. The Balaban J connectivity index is 1.36. The first-order chi connectivity index (χ1) is 15.2. The molecule has 0 atom stereocenters. The summed E-state index contributed by atoms with van der Waals surface area (Å²) in [6, 6.07) is 11.4. The molecular formula is C23H22N6O2. The van der Waals surface area contributed by atoms with E-state index in [2.05, 4.69) is 26.3 Å². The molecule has 8 nitrogen and oxygen atoms in total. The quantitative estimate of drug-likeness (QED) is 0.629. The molecule has 3 heterocycles. The van der Waals surface area contributed by atoms with E-state index in [0.29, 0.717) is 42.5 Å². The zero-order valence-electron chi connectivity index (χ0n) is 17.0. The van der Waals surface area contributed by atoms with E-state index in [9.17, 15) is 10.1 Å². The Bertz CT molecular complexity index is 1090. The SMILES string of the molecule is N#Cc1cnccc1-c1ccc(Oc2cncc(NCCN3CCCCC3=O)n2)cc1. The van der Waals surface area contributed by atoms with Gasteiger partial charge in [0.1, 0.15) is 17.6 Å². The minimum absolute atomic E-state index is 0.216. The molecule has 1 N–H and O–H groups in total. The number of hydrogen-bond donors (Lipinski definition) is 1. The van der Waals surface area contributed by atoms with Crippen LogP contribution in [0.15, 0.2) is 55.1 Å². The Labute approximate surface area is 180 Å². The summed E-state index contributed by atoms with van der Waals surface area (Å²) in [6.07, 6.45) is 9.07. The lowest BCUT2D eigenvalue weighted by Gasteiger charge is -2.26. The van der Waals surface area contributed by atoms with Gasteiger partial charge in [0.15, 0.2) is 0 Å². The molecule has 1 fully saturated rings. The minimum atomic E-state index is 0.216. The third-order valence-corrected chi connectivity index (χ3v) is 5.05. The average Bonchev–Trinajstić information content (AvgIpc) is 2.81. The monoisotopic (exact) mass is 414 g/mol. The number of carbonyl (C=O) groups excluding carboxylic acids is 1. The summed E-state index contributed by atoms with van der Waals surface area (Å²) in [5.74, 6) is 1.79. The van der Waals surface area contributed by atoms with Gasteiger partial charge in [-0.05, 0) is 36.6 Å². The zero-order chi connectivity index (χ0) is 21.5. The molecule has 0 saturated carbocycles. The van der Waals surface area contributed by atoms with Gasteiger partial charge in [0, 0.05) is 44.0 Å². The second kappa shape index (κ2) is 9.67. The van der Waals surface area contributed by atoms with E-state index >= 15 is 0 Å². The van der Waals surface area contributed by atoms with Crippen LogP contribution in [0.3, 0.4) is 0 Å². The molecule has 1 amide bonds. The van der Waals surface area contributed by atoms with E-state index in [-0.39, 0.29) is 5.91 Å². The number of carbonyl (C=O) groups is 1. The average molecular weight is 414 g/mol. The van der Waals surface area contributed by atoms with Crippen LogP contribution in [-0.2, 0) is 4.79 Å². The molecule has 0 aliphatic carbocycles. The van der Waals surface area contributed by atoms with Crippen LogP contribution in [0.1, 0.15) is 24.8 Å². The van der Waals surface area contributed by atoms with Gasteiger partial charge >= 0.3 is 0 Å². The van der Waals surface area contributed by atoms with Crippen molar-refractivity contribution < 1.29 is 9.53 Å². The molecule has 4 rings (SSSR count). The van der Waals surface area contributed by atoms with Crippen LogP contribution in [0.4, 0.5) is 5.82 Å². The molecule has 1 saturated heterocycles. The number of anilines is 1. The number of benzene rings is 1. The summed E-state index contributed by atoms with van der Waals surface area (Å²) in [5, 5.41) is 12.4. The number of piperidine rings is 1. The Morgan fingerprint density at radius 1 is 1.10 bits per heavy atom. The lowest BCUT2D eigenvalue weighted by Crippen LogP contribution is -2.38. The first-order valence-electron chi connectivity index (χ1n) is 10.2. The highest BCUT2D eigenvalue weighted by atomic mass is 16.5. The van der Waals surface area contributed by atoms with Crippen molar-refractivity contribution in [3.05, 3.63) is 60.7 Å². The van der Waals surface area contributed by atoms with Crippen molar-refractivity contribution in [1.82, 2.24) is 19.9 Å². The molecular weight excluding hydrogens is 392 g/mol. The number of likely N-dealkylation sites (tertiary alicyclic amines) is 1. The number of aromatic nitrogens is 3. The van der Waals surface area contributed by atoms with Crippen LogP contribution in [-0.4, -0.2) is 45.4 Å². The summed E-state index contributed by atoms with van der Waals surface area (Å²) in [7, 11) is 0. The van der Waals surface area contributed by atoms with Crippen LogP contribution < -0.4 is 10.1 Å². The summed E-state index contributed by atoms with van der Waals surface area (Å²) in [5.41, 5.74) is 2.24. The number of ether oxygens (including phenoxy) is 1. The molecule has 0 spiro atoms. The number of hydrogen-bond acceptors (Lipinski definition) is 7. The van der Waals surface area contributed by atoms with Crippen molar-refractivity contribution in [2.45, 2.75) is 19.3 Å². The molecule has 31 heavy (non-hydrogen) atoms. The van der Waals surface area contributed by atoms with Gasteiger partial charge in [-0.1, -0.05) is 12.1 Å². The van der Waals surface area contributed by atoms with E-state index in [1.807, 2.05) is 35.2 Å². The largest absolute Gasteiger partial charge is 0.437 e. The predicted molar refractivity (Wildman–Crippen MR) is 115 cm³/mol. The molecule has 0 bridgehead atoms. The molecule has 3 aromatic rings. The lowest BCUT2D eigenvalue weighted by atomic mass is 10.0. The van der Waals surface area contributed by atoms with Crippen LogP contribution >= 0.6 is 0 Å². The topological polar surface area (TPSA) is 104 Å². The van der Waals surface area contributed by atoms with Crippen LogP contribution in [0, 0.1) is 11.3 Å². The molecule has 156 valence electrons. The van der Waals surface area contributed by atoms with Crippen molar-refractivity contribution >= 4 is 11.7 Å². The van der Waals surface area contributed by atoms with Crippen LogP contribution in [0.5, 0.6) is 11.6 Å². The van der Waals surface area contributed by atoms with Gasteiger partial charge in [0.2, 0.25) is 11.8 Å². The standard InChI is InChI=1S/C23H22N6O2/c24-13-18-14-25-9-8-20(18)17-4-6-19(7-5-17)31-22-16-26-15-21(28-22)27-10-12-29-11-2-1-3-23(29)30/h4-9,14-16H,1-3,10-12H2,(H,27,28). The van der Waals surface area contributed by atoms with E-state index in [4.69, 9.17) is 4.74 Å². The molecule has 1 aliphatic heterocycles. The van der Waals surface area contributed by atoms with Crippen molar-refractivity contribution in [1.29, 1.82) is 5.26 Å². The molecule has 0 unspecified atom stereocenters. The van der Waals surface area contributed by atoms with E-state index < -0.39 is 0 Å². The lowest BCUT2D eigenvalue weighted by molar-refractivity contribution is -0.133. The molecule has 2 aromatic heterocycles.